The van der Waals surface area contributed by atoms with Gasteiger partial charge in [0.15, 0.2) is 0 Å². The van der Waals surface area contributed by atoms with Gasteiger partial charge in [-0.05, 0) is 31.0 Å². The molecule has 5 nitrogen and oxygen atoms in total. The van der Waals surface area contributed by atoms with Gasteiger partial charge in [-0.25, -0.2) is 9.18 Å². The maximum atomic E-state index is 13.8. The van der Waals surface area contributed by atoms with E-state index in [0.29, 0.717) is 30.4 Å². The third kappa shape index (κ3) is 3.53. The number of hydrogen-bond donors (Lipinski definition) is 1. The summed E-state index contributed by atoms with van der Waals surface area (Å²) in [6, 6.07) is 4.26. The molecule has 2 amide bonds. The van der Waals surface area contributed by atoms with Crippen molar-refractivity contribution < 1.29 is 19.1 Å². The van der Waals surface area contributed by atoms with E-state index in [0.717, 1.165) is 0 Å². The predicted molar refractivity (Wildman–Crippen MR) is 78.8 cm³/mol. The Kier molecular flexibility index (Phi) is 4.82. The molecule has 1 aromatic rings. The Morgan fingerprint density at radius 3 is 2.52 bits per heavy atom. The van der Waals surface area contributed by atoms with Crippen molar-refractivity contribution in [1.82, 2.24) is 9.80 Å². The largest absolute Gasteiger partial charge is 0.465 e. The third-order valence-electron chi connectivity index (χ3n) is 3.76. The van der Waals surface area contributed by atoms with E-state index in [9.17, 15) is 14.0 Å². The summed E-state index contributed by atoms with van der Waals surface area (Å²) in [6.45, 7) is 0.779. The van der Waals surface area contributed by atoms with Crippen LogP contribution < -0.4 is 0 Å². The van der Waals surface area contributed by atoms with E-state index in [1.165, 1.54) is 21.9 Å². The summed E-state index contributed by atoms with van der Waals surface area (Å²) in [7, 11) is 1.63. The lowest BCUT2D eigenvalue weighted by Gasteiger charge is -2.35. The van der Waals surface area contributed by atoms with Crippen LogP contribution in [0.1, 0.15) is 23.2 Å². The van der Waals surface area contributed by atoms with E-state index in [-0.39, 0.29) is 17.5 Å². The van der Waals surface area contributed by atoms with E-state index in [1.54, 1.807) is 13.1 Å². The summed E-state index contributed by atoms with van der Waals surface area (Å²) in [5, 5.41) is 8.90. The number of carbonyl (C=O) groups is 2. The second-order valence-corrected chi connectivity index (χ2v) is 5.96. The monoisotopic (exact) mass is 358 g/mol. The molecule has 1 heterocycles. The van der Waals surface area contributed by atoms with Crippen LogP contribution in [-0.4, -0.2) is 53.1 Å². The van der Waals surface area contributed by atoms with Crippen LogP contribution >= 0.6 is 15.9 Å². The molecule has 1 fully saturated rings. The van der Waals surface area contributed by atoms with Crippen molar-refractivity contribution in [2.75, 3.05) is 20.1 Å². The molecule has 1 saturated heterocycles. The lowest BCUT2D eigenvalue weighted by atomic mass is 10.0. The lowest BCUT2D eigenvalue weighted by Crippen LogP contribution is -2.47. The van der Waals surface area contributed by atoms with Crippen LogP contribution in [0.4, 0.5) is 9.18 Å². The smallest absolute Gasteiger partial charge is 0.407 e. The van der Waals surface area contributed by atoms with Gasteiger partial charge >= 0.3 is 6.09 Å². The fourth-order valence-corrected chi connectivity index (χ4v) is 2.80. The van der Waals surface area contributed by atoms with Gasteiger partial charge in [-0.1, -0.05) is 15.9 Å². The van der Waals surface area contributed by atoms with Gasteiger partial charge in [0.25, 0.3) is 5.91 Å². The molecule has 1 aliphatic rings. The van der Waals surface area contributed by atoms with Crippen LogP contribution in [0, 0.1) is 5.82 Å². The zero-order valence-electron chi connectivity index (χ0n) is 11.6. The summed E-state index contributed by atoms with van der Waals surface area (Å²) in [5.74, 6) is -0.946. The Morgan fingerprint density at radius 2 is 2.00 bits per heavy atom. The number of rotatable bonds is 2. The van der Waals surface area contributed by atoms with E-state index in [2.05, 4.69) is 15.9 Å². The summed E-state index contributed by atoms with van der Waals surface area (Å²) in [6.07, 6.45) is 0.181. The molecular formula is C14H16BrFN2O3. The molecule has 0 aromatic heterocycles. The van der Waals surface area contributed by atoms with Gasteiger partial charge in [-0.3, -0.25) is 4.79 Å². The molecule has 0 saturated carbocycles. The molecule has 0 aliphatic carbocycles. The molecule has 21 heavy (non-hydrogen) atoms. The van der Waals surface area contributed by atoms with Crippen LogP contribution in [0.5, 0.6) is 0 Å². The fourth-order valence-electron chi connectivity index (χ4n) is 2.46. The van der Waals surface area contributed by atoms with Crippen molar-refractivity contribution in [3.05, 3.63) is 34.1 Å². The first-order valence-electron chi connectivity index (χ1n) is 6.60. The molecule has 7 heteroatoms. The fraction of sp³-hybridized carbons (Fsp3) is 0.429. The Balaban J connectivity index is 2.05. The van der Waals surface area contributed by atoms with E-state index < -0.39 is 11.9 Å². The molecule has 0 radical (unpaired) electrons. The molecule has 1 N–H and O–H groups in total. The van der Waals surface area contributed by atoms with Crippen molar-refractivity contribution in [3.63, 3.8) is 0 Å². The van der Waals surface area contributed by atoms with Crippen molar-refractivity contribution >= 4 is 27.9 Å². The quantitative estimate of drug-likeness (QED) is 0.884. The van der Waals surface area contributed by atoms with E-state index >= 15 is 0 Å². The average molecular weight is 359 g/mol. The van der Waals surface area contributed by atoms with Crippen molar-refractivity contribution in [2.24, 2.45) is 0 Å². The van der Waals surface area contributed by atoms with Crippen molar-refractivity contribution in [1.29, 1.82) is 0 Å². The van der Waals surface area contributed by atoms with Crippen molar-refractivity contribution in [2.45, 2.75) is 18.9 Å². The van der Waals surface area contributed by atoms with Gasteiger partial charge < -0.3 is 14.9 Å². The highest BCUT2D eigenvalue weighted by Gasteiger charge is 2.28. The highest BCUT2D eigenvalue weighted by atomic mass is 79.9. The number of benzene rings is 1. The SMILES string of the molecule is CN(C(=O)c1ccc(Br)cc1F)C1CCN(C(=O)O)CC1. The first-order valence-corrected chi connectivity index (χ1v) is 7.39. The molecular weight excluding hydrogens is 343 g/mol. The minimum atomic E-state index is -0.943. The van der Waals surface area contributed by atoms with Crippen LogP contribution in [0.15, 0.2) is 22.7 Å². The Morgan fingerprint density at radius 1 is 1.38 bits per heavy atom. The van der Waals surface area contributed by atoms with Gasteiger partial charge in [-0.15, -0.1) is 0 Å². The number of carboxylic acid groups (broad SMARTS) is 1. The predicted octanol–water partition coefficient (Wildman–Crippen LogP) is 2.80. The second-order valence-electron chi connectivity index (χ2n) is 5.04. The summed E-state index contributed by atoms with van der Waals surface area (Å²) >= 11 is 3.15. The van der Waals surface area contributed by atoms with Crippen LogP contribution in [0.25, 0.3) is 0 Å². The average Bonchev–Trinajstić information content (AvgIpc) is 2.46. The zero-order chi connectivity index (χ0) is 15.6. The molecule has 1 aliphatic heterocycles. The third-order valence-corrected chi connectivity index (χ3v) is 4.26. The summed E-state index contributed by atoms with van der Waals surface area (Å²) in [5.41, 5.74) is 0.0290. The highest BCUT2D eigenvalue weighted by molar-refractivity contribution is 9.10. The first kappa shape index (κ1) is 15.8. The van der Waals surface area contributed by atoms with Gasteiger partial charge in [0.05, 0.1) is 5.56 Å². The van der Waals surface area contributed by atoms with Gasteiger partial charge in [0, 0.05) is 30.7 Å². The standard InChI is InChI=1S/C14H16BrFN2O3/c1-17(10-4-6-18(7-5-10)14(20)21)13(19)11-3-2-9(15)8-12(11)16/h2-3,8,10H,4-7H2,1H3,(H,20,21). The number of piperidine rings is 1. The maximum Gasteiger partial charge on any atom is 0.407 e. The number of likely N-dealkylation sites (tertiary alicyclic amines) is 1. The molecule has 114 valence electrons. The topological polar surface area (TPSA) is 60.9 Å². The molecule has 0 spiro atoms. The highest BCUT2D eigenvalue weighted by Crippen LogP contribution is 2.21. The molecule has 0 unspecified atom stereocenters. The van der Waals surface area contributed by atoms with Gasteiger partial charge in [0.2, 0.25) is 0 Å². The maximum absolute atomic E-state index is 13.8. The van der Waals surface area contributed by atoms with Gasteiger partial charge in [-0.2, -0.15) is 0 Å². The van der Waals surface area contributed by atoms with Crippen LogP contribution in [-0.2, 0) is 0 Å². The molecule has 1 aromatic carbocycles. The zero-order valence-corrected chi connectivity index (χ0v) is 13.1. The van der Waals surface area contributed by atoms with E-state index in [1.807, 2.05) is 0 Å². The van der Waals surface area contributed by atoms with E-state index in [4.69, 9.17) is 5.11 Å². The number of hydrogen-bond acceptors (Lipinski definition) is 2. The number of amides is 2. The number of halogens is 2. The minimum Gasteiger partial charge on any atom is -0.465 e. The molecule has 0 bridgehead atoms. The Bertz CT molecular complexity index is 559. The summed E-state index contributed by atoms with van der Waals surface area (Å²) < 4.78 is 14.4. The van der Waals surface area contributed by atoms with Crippen molar-refractivity contribution in [3.8, 4) is 0 Å². The molecule has 2 rings (SSSR count). The van der Waals surface area contributed by atoms with Crippen LogP contribution in [0.2, 0.25) is 0 Å². The minimum absolute atomic E-state index is 0.0290. The number of nitrogens with zero attached hydrogens (tertiary/aromatic N) is 2. The Labute approximate surface area is 130 Å². The normalized spacial score (nSPS) is 15.9. The Hall–Kier alpha value is -1.63. The summed E-state index contributed by atoms with van der Waals surface area (Å²) in [4.78, 5) is 26.0. The van der Waals surface area contributed by atoms with Gasteiger partial charge in [0.1, 0.15) is 5.82 Å². The lowest BCUT2D eigenvalue weighted by molar-refractivity contribution is 0.0637. The second kappa shape index (κ2) is 6.43. The number of carbonyl (C=O) groups excluding carboxylic acids is 1. The first-order chi connectivity index (χ1) is 9.90. The molecule has 0 atom stereocenters. The van der Waals surface area contributed by atoms with Crippen LogP contribution in [0.3, 0.4) is 0 Å².